The van der Waals surface area contributed by atoms with Crippen molar-refractivity contribution >= 4 is 28.1 Å². The molecule has 0 fully saturated rings. The van der Waals surface area contributed by atoms with E-state index in [1.807, 2.05) is 6.92 Å². The zero-order valence-electron chi connectivity index (χ0n) is 9.61. The summed E-state index contributed by atoms with van der Waals surface area (Å²) in [6.07, 6.45) is 0. The molecule has 0 amide bonds. The lowest BCUT2D eigenvalue weighted by atomic mass is 10.3. The van der Waals surface area contributed by atoms with Gasteiger partial charge < -0.3 is 10.1 Å². The quantitative estimate of drug-likeness (QED) is 0.916. The van der Waals surface area contributed by atoms with Crippen LogP contribution < -0.4 is 10.1 Å². The van der Waals surface area contributed by atoms with Gasteiger partial charge in [0.25, 0.3) is 0 Å². The van der Waals surface area contributed by atoms with Crippen LogP contribution in [-0.4, -0.2) is 16.1 Å². The van der Waals surface area contributed by atoms with Crippen LogP contribution in [0.5, 0.6) is 5.75 Å². The second-order valence-electron chi connectivity index (χ2n) is 3.42. The van der Waals surface area contributed by atoms with E-state index in [-0.39, 0.29) is 17.4 Å². The Balaban J connectivity index is 2.07. The van der Waals surface area contributed by atoms with E-state index in [0.717, 1.165) is 11.5 Å². The molecule has 1 aromatic heterocycles. The fourth-order valence-electron chi connectivity index (χ4n) is 1.34. The Labute approximate surface area is 113 Å². The van der Waals surface area contributed by atoms with Gasteiger partial charge in [0, 0.05) is 18.1 Å². The average Bonchev–Trinajstić information content (AvgIpc) is 2.79. The SMILES string of the molecule is CCNc1snnc1COc1cccc(Cl)c1F. The number of hydrogen-bond donors (Lipinski definition) is 1. The lowest BCUT2D eigenvalue weighted by Gasteiger charge is -2.07. The molecule has 2 rings (SSSR count). The maximum absolute atomic E-state index is 13.6. The van der Waals surface area contributed by atoms with Crippen molar-refractivity contribution in [1.82, 2.24) is 9.59 Å². The summed E-state index contributed by atoms with van der Waals surface area (Å²) < 4.78 is 22.7. The van der Waals surface area contributed by atoms with E-state index in [1.54, 1.807) is 6.07 Å². The predicted octanol–water partition coefficient (Wildman–Crippen LogP) is 3.34. The third-order valence-electron chi connectivity index (χ3n) is 2.17. The maximum Gasteiger partial charge on any atom is 0.183 e. The number of hydrogen-bond acceptors (Lipinski definition) is 5. The minimum Gasteiger partial charge on any atom is -0.484 e. The highest BCUT2D eigenvalue weighted by molar-refractivity contribution is 7.10. The van der Waals surface area contributed by atoms with Crippen LogP contribution in [0.1, 0.15) is 12.6 Å². The van der Waals surface area contributed by atoms with E-state index in [9.17, 15) is 4.39 Å². The summed E-state index contributed by atoms with van der Waals surface area (Å²) in [5.41, 5.74) is 0.654. The molecule has 1 N–H and O–H groups in total. The Bertz CT molecular complexity index is 535. The van der Waals surface area contributed by atoms with Gasteiger partial charge in [-0.15, -0.1) is 5.10 Å². The summed E-state index contributed by atoms with van der Waals surface area (Å²) in [6, 6.07) is 4.62. The summed E-state index contributed by atoms with van der Waals surface area (Å²) in [5.74, 6) is -0.453. The number of ether oxygens (including phenoxy) is 1. The summed E-state index contributed by atoms with van der Waals surface area (Å²) in [4.78, 5) is 0. The van der Waals surface area contributed by atoms with Gasteiger partial charge in [-0.2, -0.15) is 0 Å². The van der Waals surface area contributed by atoms with Crippen LogP contribution in [0.25, 0.3) is 0 Å². The number of benzene rings is 1. The molecule has 0 atom stereocenters. The molecule has 0 spiro atoms. The first-order valence-corrected chi connectivity index (χ1v) is 6.49. The third kappa shape index (κ3) is 2.88. The van der Waals surface area contributed by atoms with Gasteiger partial charge in [-0.25, -0.2) is 4.39 Å². The molecule has 0 aliphatic heterocycles. The van der Waals surface area contributed by atoms with Crippen LogP contribution in [0.3, 0.4) is 0 Å². The molecule has 1 heterocycles. The van der Waals surface area contributed by atoms with Crippen molar-refractivity contribution in [2.75, 3.05) is 11.9 Å². The van der Waals surface area contributed by atoms with Crippen LogP contribution in [0, 0.1) is 5.82 Å². The van der Waals surface area contributed by atoms with Gasteiger partial charge in [0.05, 0.1) is 5.02 Å². The lowest BCUT2D eigenvalue weighted by molar-refractivity contribution is 0.286. The summed E-state index contributed by atoms with van der Waals surface area (Å²) in [7, 11) is 0. The van der Waals surface area contributed by atoms with Crippen LogP contribution >= 0.6 is 23.1 Å². The molecular weight excluding hydrogens is 277 g/mol. The monoisotopic (exact) mass is 287 g/mol. The Morgan fingerprint density at radius 2 is 2.33 bits per heavy atom. The molecule has 0 bridgehead atoms. The molecule has 4 nitrogen and oxygen atoms in total. The second kappa shape index (κ2) is 5.97. The Hall–Kier alpha value is -1.40. The Morgan fingerprint density at radius 1 is 1.50 bits per heavy atom. The molecule has 96 valence electrons. The van der Waals surface area contributed by atoms with Crippen molar-refractivity contribution in [3.8, 4) is 5.75 Å². The highest BCUT2D eigenvalue weighted by Gasteiger charge is 2.11. The van der Waals surface area contributed by atoms with Crippen molar-refractivity contribution in [2.24, 2.45) is 0 Å². The molecule has 0 saturated carbocycles. The van der Waals surface area contributed by atoms with Gasteiger partial charge in [0.2, 0.25) is 0 Å². The van der Waals surface area contributed by atoms with E-state index in [1.165, 1.54) is 23.7 Å². The maximum atomic E-state index is 13.6. The van der Waals surface area contributed by atoms with Gasteiger partial charge >= 0.3 is 0 Å². The number of anilines is 1. The van der Waals surface area contributed by atoms with E-state index >= 15 is 0 Å². The van der Waals surface area contributed by atoms with Gasteiger partial charge in [0.15, 0.2) is 11.6 Å². The molecule has 2 aromatic rings. The van der Waals surface area contributed by atoms with Crippen molar-refractivity contribution in [3.63, 3.8) is 0 Å². The Morgan fingerprint density at radius 3 is 3.11 bits per heavy atom. The number of rotatable bonds is 5. The molecule has 0 aliphatic carbocycles. The first-order chi connectivity index (χ1) is 8.72. The van der Waals surface area contributed by atoms with Gasteiger partial charge in [-0.3, -0.25) is 0 Å². The number of aromatic nitrogens is 2. The fourth-order valence-corrected chi connectivity index (χ4v) is 2.14. The molecule has 1 aromatic carbocycles. The van der Waals surface area contributed by atoms with Crippen LogP contribution in [0.15, 0.2) is 18.2 Å². The van der Waals surface area contributed by atoms with Crippen molar-refractivity contribution in [2.45, 2.75) is 13.5 Å². The molecule has 0 saturated heterocycles. The molecule has 0 unspecified atom stereocenters. The van der Waals surface area contributed by atoms with E-state index in [0.29, 0.717) is 5.69 Å². The first kappa shape index (κ1) is 13.0. The summed E-state index contributed by atoms with van der Waals surface area (Å²) in [6.45, 7) is 2.89. The highest BCUT2D eigenvalue weighted by atomic mass is 35.5. The van der Waals surface area contributed by atoms with Crippen molar-refractivity contribution in [3.05, 3.63) is 34.7 Å². The number of halogens is 2. The van der Waals surface area contributed by atoms with Crippen LogP contribution in [0.4, 0.5) is 9.39 Å². The molecule has 0 aliphatic rings. The van der Waals surface area contributed by atoms with E-state index in [4.69, 9.17) is 16.3 Å². The normalized spacial score (nSPS) is 10.4. The lowest BCUT2D eigenvalue weighted by Crippen LogP contribution is -2.03. The average molecular weight is 288 g/mol. The minimum absolute atomic E-state index is 0.0378. The summed E-state index contributed by atoms with van der Waals surface area (Å²) >= 11 is 6.91. The fraction of sp³-hybridized carbons (Fsp3) is 0.273. The van der Waals surface area contributed by atoms with E-state index in [2.05, 4.69) is 14.9 Å². The highest BCUT2D eigenvalue weighted by Crippen LogP contribution is 2.26. The zero-order valence-corrected chi connectivity index (χ0v) is 11.2. The molecule has 7 heteroatoms. The van der Waals surface area contributed by atoms with Gasteiger partial charge in [-0.1, -0.05) is 22.2 Å². The van der Waals surface area contributed by atoms with Crippen LogP contribution in [0.2, 0.25) is 5.02 Å². The second-order valence-corrected chi connectivity index (χ2v) is 4.58. The number of nitrogens with one attached hydrogen (secondary N) is 1. The molecular formula is C11H11ClFN3OS. The van der Waals surface area contributed by atoms with Crippen LogP contribution in [-0.2, 0) is 6.61 Å². The van der Waals surface area contributed by atoms with E-state index < -0.39 is 5.82 Å². The van der Waals surface area contributed by atoms with Crippen molar-refractivity contribution in [1.29, 1.82) is 0 Å². The topological polar surface area (TPSA) is 47.0 Å². The standard InChI is InChI=1S/C11H11ClFN3OS/c1-2-14-11-8(15-16-18-11)6-17-9-5-3-4-7(12)10(9)13/h3-5,14H,2,6H2,1H3. The van der Waals surface area contributed by atoms with Crippen molar-refractivity contribution < 1.29 is 9.13 Å². The smallest absolute Gasteiger partial charge is 0.183 e. The van der Waals surface area contributed by atoms with Gasteiger partial charge in [-0.05, 0) is 19.1 Å². The first-order valence-electron chi connectivity index (χ1n) is 5.34. The summed E-state index contributed by atoms with van der Waals surface area (Å²) in [5, 5.41) is 7.91. The number of nitrogens with zero attached hydrogens (tertiary/aromatic N) is 2. The van der Waals surface area contributed by atoms with Gasteiger partial charge in [0.1, 0.15) is 17.3 Å². The minimum atomic E-state index is -0.563. The third-order valence-corrected chi connectivity index (χ3v) is 3.19. The zero-order chi connectivity index (χ0) is 13.0. The predicted molar refractivity (Wildman–Crippen MR) is 69.8 cm³/mol. The Kier molecular flexibility index (Phi) is 4.33. The largest absolute Gasteiger partial charge is 0.484 e. The molecule has 18 heavy (non-hydrogen) atoms. The molecule has 0 radical (unpaired) electrons.